The van der Waals surface area contributed by atoms with Gasteiger partial charge in [-0.3, -0.25) is 9.35 Å². The Balaban J connectivity index is 4.49. The first kappa shape index (κ1) is 13.1. The molecule has 6 heteroatoms. The normalized spacial score (nSPS) is 13.4. The van der Waals surface area contributed by atoms with Crippen molar-refractivity contribution in [2.45, 2.75) is 18.6 Å². The highest BCUT2D eigenvalue weighted by molar-refractivity contribution is 7.86. The van der Waals surface area contributed by atoms with Crippen LogP contribution in [0.4, 0.5) is 0 Å². The Kier molecular flexibility index (Phi) is 4.79. The van der Waals surface area contributed by atoms with Crippen molar-refractivity contribution in [2.75, 3.05) is 13.6 Å². The van der Waals surface area contributed by atoms with Crippen molar-refractivity contribution in [2.24, 2.45) is 0 Å². The van der Waals surface area contributed by atoms with Gasteiger partial charge in [-0.05, 0) is 12.5 Å². The van der Waals surface area contributed by atoms with Crippen LogP contribution < -0.4 is 0 Å². The molecule has 1 unspecified atom stereocenters. The van der Waals surface area contributed by atoms with E-state index >= 15 is 0 Å². The average molecular weight is 221 g/mol. The highest BCUT2D eigenvalue weighted by Gasteiger charge is 2.23. The Bertz CT molecular complexity index is 309. The standard InChI is InChI=1S/C8H15NO4S/c1-4-7(14(11,12)13)6-9(3)8(10)5-2/h5,7H,2,4,6H2,1,3H3,(H,11,12,13). The Morgan fingerprint density at radius 3 is 2.43 bits per heavy atom. The molecule has 0 aromatic carbocycles. The predicted octanol–water partition coefficient (Wildman–Crippen LogP) is 0.297. The Labute approximate surface area is 84.2 Å². The molecule has 0 aromatic rings. The van der Waals surface area contributed by atoms with Crippen molar-refractivity contribution in [1.82, 2.24) is 4.90 Å². The number of carbonyl (C=O) groups is 1. The average Bonchev–Trinajstić information content (AvgIpc) is 2.10. The van der Waals surface area contributed by atoms with Gasteiger partial charge in [0.25, 0.3) is 10.1 Å². The van der Waals surface area contributed by atoms with Crippen LogP contribution >= 0.6 is 0 Å². The zero-order chi connectivity index (χ0) is 11.4. The van der Waals surface area contributed by atoms with Crippen LogP contribution in [0, 0.1) is 0 Å². The molecule has 1 N–H and O–H groups in total. The van der Waals surface area contributed by atoms with Gasteiger partial charge in [-0.2, -0.15) is 8.42 Å². The maximum absolute atomic E-state index is 11.0. The molecule has 0 saturated heterocycles. The molecule has 0 saturated carbocycles. The highest BCUT2D eigenvalue weighted by atomic mass is 32.2. The van der Waals surface area contributed by atoms with E-state index < -0.39 is 15.4 Å². The van der Waals surface area contributed by atoms with Gasteiger partial charge in [-0.25, -0.2) is 0 Å². The Hall–Kier alpha value is -0.880. The minimum Gasteiger partial charge on any atom is -0.341 e. The fraction of sp³-hybridized carbons (Fsp3) is 0.625. The summed E-state index contributed by atoms with van der Waals surface area (Å²) >= 11 is 0. The van der Waals surface area contributed by atoms with Gasteiger partial charge in [0.05, 0.1) is 0 Å². The quantitative estimate of drug-likeness (QED) is 0.535. The van der Waals surface area contributed by atoms with Crippen LogP contribution in [0.5, 0.6) is 0 Å². The van der Waals surface area contributed by atoms with Crippen LogP contribution in [0.2, 0.25) is 0 Å². The second-order valence-electron chi connectivity index (χ2n) is 2.97. The van der Waals surface area contributed by atoms with E-state index in [1.165, 1.54) is 11.9 Å². The van der Waals surface area contributed by atoms with Gasteiger partial charge >= 0.3 is 0 Å². The summed E-state index contributed by atoms with van der Waals surface area (Å²) in [6.45, 7) is 4.88. The minimum atomic E-state index is -4.08. The SMILES string of the molecule is C=CC(=O)N(C)CC(CC)S(=O)(=O)O. The van der Waals surface area contributed by atoms with E-state index in [-0.39, 0.29) is 18.9 Å². The lowest BCUT2D eigenvalue weighted by Crippen LogP contribution is -2.36. The molecule has 0 fully saturated rings. The van der Waals surface area contributed by atoms with Crippen molar-refractivity contribution >= 4 is 16.0 Å². The van der Waals surface area contributed by atoms with E-state index in [4.69, 9.17) is 4.55 Å². The Morgan fingerprint density at radius 1 is 1.64 bits per heavy atom. The van der Waals surface area contributed by atoms with Gasteiger partial charge in [0.1, 0.15) is 5.25 Å². The fourth-order valence-corrected chi connectivity index (χ4v) is 1.82. The first-order chi connectivity index (χ1) is 6.32. The molecule has 0 aliphatic carbocycles. The molecular formula is C8H15NO4S. The topological polar surface area (TPSA) is 74.7 Å². The lowest BCUT2D eigenvalue weighted by Gasteiger charge is -2.19. The summed E-state index contributed by atoms with van der Waals surface area (Å²) in [5.41, 5.74) is 0. The zero-order valence-electron chi connectivity index (χ0n) is 8.30. The molecular weight excluding hydrogens is 206 g/mol. The van der Waals surface area contributed by atoms with E-state index in [0.29, 0.717) is 0 Å². The molecule has 82 valence electrons. The van der Waals surface area contributed by atoms with Gasteiger partial charge in [0, 0.05) is 13.6 Å². The van der Waals surface area contributed by atoms with Crippen molar-refractivity contribution in [1.29, 1.82) is 0 Å². The van der Waals surface area contributed by atoms with E-state index in [1.54, 1.807) is 6.92 Å². The summed E-state index contributed by atoms with van der Waals surface area (Å²) in [7, 11) is -2.62. The minimum absolute atomic E-state index is 0.0276. The monoisotopic (exact) mass is 221 g/mol. The third-order valence-electron chi connectivity index (χ3n) is 1.90. The number of hydrogen-bond acceptors (Lipinski definition) is 3. The van der Waals surface area contributed by atoms with E-state index in [2.05, 4.69) is 6.58 Å². The molecule has 0 rings (SSSR count). The number of carbonyl (C=O) groups excluding carboxylic acids is 1. The summed E-state index contributed by atoms with van der Waals surface area (Å²) < 4.78 is 30.4. The number of amides is 1. The maximum atomic E-state index is 11.0. The van der Waals surface area contributed by atoms with Crippen molar-refractivity contribution in [3.05, 3.63) is 12.7 Å². The molecule has 0 bridgehead atoms. The smallest absolute Gasteiger partial charge is 0.269 e. The first-order valence-electron chi connectivity index (χ1n) is 4.16. The summed E-state index contributed by atoms with van der Waals surface area (Å²) in [6, 6.07) is 0. The lowest BCUT2D eigenvalue weighted by atomic mass is 10.3. The Morgan fingerprint density at radius 2 is 2.14 bits per heavy atom. The van der Waals surface area contributed by atoms with Gasteiger partial charge in [-0.1, -0.05) is 13.5 Å². The van der Waals surface area contributed by atoms with Crippen molar-refractivity contribution in [3.8, 4) is 0 Å². The molecule has 0 heterocycles. The molecule has 0 aromatic heterocycles. The number of likely N-dealkylation sites (N-methyl/N-ethyl adjacent to an activating group) is 1. The van der Waals surface area contributed by atoms with E-state index in [0.717, 1.165) is 6.08 Å². The van der Waals surface area contributed by atoms with Crippen LogP contribution in [0.25, 0.3) is 0 Å². The molecule has 0 aliphatic heterocycles. The van der Waals surface area contributed by atoms with Crippen LogP contribution in [-0.2, 0) is 14.9 Å². The first-order valence-corrected chi connectivity index (χ1v) is 5.67. The van der Waals surface area contributed by atoms with Gasteiger partial charge in [0.15, 0.2) is 0 Å². The summed E-state index contributed by atoms with van der Waals surface area (Å²) in [6.07, 6.45) is 1.35. The summed E-state index contributed by atoms with van der Waals surface area (Å²) in [5, 5.41) is -0.934. The molecule has 0 spiro atoms. The molecule has 14 heavy (non-hydrogen) atoms. The van der Waals surface area contributed by atoms with Gasteiger partial charge < -0.3 is 4.90 Å². The third-order valence-corrected chi connectivity index (χ3v) is 3.23. The molecule has 5 nitrogen and oxygen atoms in total. The molecule has 0 aliphatic rings. The second-order valence-corrected chi connectivity index (χ2v) is 4.66. The van der Waals surface area contributed by atoms with Crippen LogP contribution in [-0.4, -0.2) is 42.6 Å². The number of hydrogen-bond donors (Lipinski definition) is 1. The lowest BCUT2D eigenvalue weighted by molar-refractivity contribution is -0.124. The van der Waals surface area contributed by atoms with Crippen LogP contribution in [0.3, 0.4) is 0 Å². The zero-order valence-corrected chi connectivity index (χ0v) is 9.12. The van der Waals surface area contributed by atoms with Crippen LogP contribution in [0.15, 0.2) is 12.7 Å². The van der Waals surface area contributed by atoms with Gasteiger partial charge in [-0.15, -0.1) is 0 Å². The second kappa shape index (κ2) is 5.11. The fourth-order valence-electron chi connectivity index (χ4n) is 0.985. The van der Waals surface area contributed by atoms with Crippen LogP contribution in [0.1, 0.15) is 13.3 Å². The summed E-state index contributed by atoms with van der Waals surface area (Å²) in [5.74, 6) is -0.368. The van der Waals surface area contributed by atoms with E-state index in [9.17, 15) is 13.2 Å². The van der Waals surface area contributed by atoms with Crippen molar-refractivity contribution < 1.29 is 17.8 Å². The third kappa shape index (κ3) is 3.89. The number of nitrogens with zero attached hydrogens (tertiary/aromatic N) is 1. The van der Waals surface area contributed by atoms with E-state index in [1.807, 2.05) is 0 Å². The van der Waals surface area contributed by atoms with Crippen molar-refractivity contribution in [3.63, 3.8) is 0 Å². The van der Waals surface area contributed by atoms with Gasteiger partial charge in [0.2, 0.25) is 5.91 Å². The highest BCUT2D eigenvalue weighted by Crippen LogP contribution is 2.05. The number of rotatable bonds is 5. The molecule has 1 amide bonds. The molecule has 1 atom stereocenters. The summed E-state index contributed by atoms with van der Waals surface area (Å²) in [4.78, 5) is 12.2. The predicted molar refractivity (Wildman–Crippen MR) is 53.5 cm³/mol. The maximum Gasteiger partial charge on any atom is 0.269 e. The largest absolute Gasteiger partial charge is 0.341 e. The molecule has 0 radical (unpaired) electrons.